The number of aryl methyl sites for hydroxylation is 1. The minimum absolute atomic E-state index is 0.0477. The molecule has 160 valence electrons. The Morgan fingerprint density at radius 2 is 1.97 bits per heavy atom. The molecule has 0 radical (unpaired) electrons. The van der Waals surface area contributed by atoms with Gasteiger partial charge in [-0.3, -0.25) is 9.36 Å². The SMILES string of the molecule is Cn1ncc(-c2cn3nccc3c(-c3cnn([C@]4(CC#N)CC[C@@H](C#N)CC4)c3)n2)c1N. The van der Waals surface area contributed by atoms with Gasteiger partial charge in [0.25, 0.3) is 0 Å². The molecule has 1 fully saturated rings. The largest absolute Gasteiger partial charge is 0.383 e. The van der Waals surface area contributed by atoms with Gasteiger partial charge in [-0.2, -0.15) is 25.8 Å². The van der Waals surface area contributed by atoms with E-state index in [4.69, 9.17) is 10.7 Å². The third kappa shape index (κ3) is 3.08. The molecular formula is C22H22N10. The molecule has 10 heteroatoms. The van der Waals surface area contributed by atoms with Crippen molar-refractivity contribution in [2.24, 2.45) is 13.0 Å². The summed E-state index contributed by atoms with van der Waals surface area (Å²) in [6.45, 7) is 0. The molecule has 32 heavy (non-hydrogen) atoms. The fourth-order valence-electron chi connectivity index (χ4n) is 4.54. The Morgan fingerprint density at radius 1 is 1.16 bits per heavy atom. The van der Waals surface area contributed by atoms with E-state index in [1.807, 2.05) is 23.1 Å². The highest BCUT2D eigenvalue weighted by Gasteiger charge is 2.38. The predicted molar refractivity (Wildman–Crippen MR) is 117 cm³/mol. The topological polar surface area (TPSA) is 139 Å². The Balaban J connectivity index is 1.59. The van der Waals surface area contributed by atoms with Crippen molar-refractivity contribution in [3.8, 4) is 34.7 Å². The molecule has 4 heterocycles. The third-order valence-electron chi connectivity index (χ3n) is 6.50. The Labute approximate surface area is 184 Å². The first-order valence-corrected chi connectivity index (χ1v) is 10.5. The fraction of sp³-hybridized carbons (Fsp3) is 0.364. The number of aromatic nitrogens is 7. The van der Waals surface area contributed by atoms with Gasteiger partial charge in [0, 0.05) is 24.7 Å². The molecule has 5 rings (SSSR count). The van der Waals surface area contributed by atoms with Crippen LogP contribution in [-0.4, -0.2) is 34.2 Å². The molecule has 0 atom stereocenters. The van der Waals surface area contributed by atoms with Crippen molar-refractivity contribution in [2.75, 3.05) is 5.73 Å². The lowest BCUT2D eigenvalue weighted by Gasteiger charge is -2.37. The molecule has 1 aliphatic carbocycles. The zero-order chi connectivity index (χ0) is 22.3. The molecule has 4 aromatic heterocycles. The van der Waals surface area contributed by atoms with E-state index < -0.39 is 5.54 Å². The van der Waals surface area contributed by atoms with Gasteiger partial charge in [-0.05, 0) is 31.7 Å². The van der Waals surface area contributed by atoms with Crippen molar-refractivity contribution in [3.63, 3.8) is 0 Å². The summed E-state index contributed by atoms with van der Waals surface area (Å²) in [6.07, 6.45) is 12.4. The van der Waals surface area contributed by atoms with Crippen LogP contribution >= 0.6 is 0 Å². The van der Waals surface area contributed by atoms with E-state index in [0.29, 0.717) is 17.9 Å². The van der Waals surface area contributed by atoms with E-state index in [1.165, 1.54) is 0 Å². The van der Waals surface area contributed by atoms with Gasteiger partial charge in [0.2, 0.25) is 0 Å². The van der Waals surface area contributed by atoms with Crippen molar-refractivity contribution in [2.45, 2.75) is 37.6 Å². The third-order valence-corrected chi connectivity index (χ3v) is 6.50. The van der Waals surface area contributed by atoms with Gasteiger partial charge in [0.05, 0.1) is 71.4 Å². The van der Waals surface area contributed by atoms with Crippen LogP contribution in [0.15, 0.2) is 37.1 Å². The van der Waals surface area contributed by atoms with Crippen LogP contribution in [0.3, 0.4) is 0 Å². The van der Waals surface area contributed by atoms with Gasteiger partial charge in [0.15, 0.2) is 0 Å². The molecule has 0 bridgehead atoms. The molecule has 0 aromatic carbocycles. The van der Waals surface area contributed by atoms with Gasteiger partial charge in [-0.25, -0.2) is 9.50 Å². The van der Waals surface area contributed by atoms with E-state index in [9.17, 15) is 10.5 Å². The number of nitrogens with zero attached hydrogens (tertiary/aromatic N) is 9. The average molecular weight is 426 g/mol. The van der Waals surface area contributed by atoms with Crippen molar-refractivity contribution in [1.29, 1.82) is 10.5 Å². The van der Waals surface area contributed by atoms with E-state index in [2.05, 4.69) is 27.4 Å². The summed E-state index contributed by atoms with van der Waals surface area (Å²) in [7, 11) is 1.78. The van der Waals surface area contributed by atoms with Gasteiger partial charge < -0.3 is 5.73 Å². The molecule has 0 unspecified atom stereocenters. The number of rotatable bonds is 4. The molecule has 4 aromatic rings. The quantitative estimate of drug-likeness (QED) is 0.529. The minimum atomic E-state index is -0.401. The standard InChI is InChI=1S/C22H22N10/c1-30-21(25)17(12-27-30)18-14-31-19(4-9-26-31)20(29-18)16-11-28-32(13-16)22(7-8-23)5-2-15(10-24)3-6-22/h4,9,11-15H,2-3,5-7,25H2,1H3/t15-,22-. The highest BCUT2D eigenvalue weighted by atomic mass is 15.3. The van der Waals surface area contributed by atoms with E-state index in [1.54, 1.807) is 34.8 Å². The highest BCUT2D eigenvalue weighted by Crippen LogP contribution is 2.40. The van der Waals surface area contributed by atoms with Crippen molar-refractivity contribution < 1.29 is 0 Å². The van der Waals surface area contributed by atoms with E-state index >= 15 is 0 Å². The van der Waals surface area contributed by atoms with Crippen LogP contribution in [0.25, 0.3) is 28.0 Å². The zero-order valence-electron chi connectivity index (χ0n) is 17.7. The second-order valence-electron chi connectivity index (χ2n) is 8.34. The van der Waals surface area contributed by atoms with Gasteiger partial charge in [-0.15, -0.1) is 0 Å². The van der Waals surface area contributed by atoms with Gasteiger partial charge in [-0.1, -0.05) is 0 Å². The first-order valence-electron chi connectivity index (χ1n) is 10.5. The molecule has 0 saturated heterocycles. The lowest BCUT2D eigenvalue weighted by Crippen LogP contribution is -2.37. The minimum Gasteiger partial charge on any atom is -0.383 e. The van der Waals surface area contributed by atoms with Gasteiger partial charge >= 0.3 is 0 Å². The number of nitriles is 2. The monoisotopic (exact) mass is 426 g/mol. The van der Waals surface area contributed by atoms with Crippen LogP contribution in [0.1, 0.15) is 32.1 Å². The number of fused-ring (bicyclic) bond motifs is 1. The lowest BCUT2D eigenvalue weighted by atomic mass is 9.75. The highest BCUT2D eigenvalue weighted by molar-refractivity contribution is 5.80. The maximum atomic E-state index is 9.50. The zero-order valence-corrected chi connectivity index (χ0v) is 17.7. The molecule has 0 amide bonds. The van der Waals surface area contributed by atoms with Crippen LogP contribution in [0.5, 0.6) is 0 Å². The number of hydrogen-bond donors (Lipinski definition) is 1. The van der Waals surface area contributed by atoms with E-state index in [0.717, 1.165) is 48.0 Å². The first-order chi connectivity index (χ1) is 15.5. The molecule has 0 spiro atoms. The van der Waals surface area contributed by atoms with Crippen molar-refractivity contribution >= 4 is 11.3 Å². The summed E-state index contributed by atoms with van der Waals surface area (Å²) >= 11 is 0. The summed E-state index contributed by atoms with van der Waals surface area (Å²) in [4.78, 5) is 4.88. The number of nitrogen functional groups attached to an aromatic ring is 1. The maximum Gasteiger partial charge on any atom is 0.130 e. The molecule has 1 saturated carbocycles. The molecular weight excluding hydrogens is 404 g/mol. The summed E-state index contributed by atoms with van der Waals surface area (Å²) in [5.41, 5.74) is 9.58. The number of hydrogen-bond acceptors (Lipinski definition) is 7. The summed E-state index contributed by atoms with van der Waals surface area (Å²) < 4.78 is 5.27. The summed E-state index contributed by atoms with van der Waals surface area (Å²) in [6, 6.07) is 6.59. The fourth-order valence-corrected chi connectivity index (χ4v) is 4.54. The summed E-state index contributed by atoms with van der Waals surface area (Å²) in [5, 5.41) is 32.0. The molecule has 10 nitrogen and oxygen atoms in total. The van der Waals surface area contributed by atoms with Crippen LogP contribution in [-0.2, 0) is 12.6 Å². The normalized spacial score (nSPS) is 20.8. The molecule has 2 N–H and O–H groups in total. The van der Waals surface area contributed by atoms with Crippen molar-refractivity contribution in [3.05, 3.63) is 37.1 Å². The smallest absolute Gasteiger partial charge is 0.130 e. The average Bonchev–Trinajstić information content (AvgIpc) is 3.55. The van der Waals surface area contributed by atoms with Crippen molar-refractivity contribution in [1.82, 2.24) is 34.2 Å². The van der Waals surface area contributed by atoms with Crippen LogP contribution < -0.4 is 5.73 Å². The maximum absolute atomic E-state index is 9.50. The lowest BCUT2D eigenvalue weighted by molar-refractivity contribution is 0.160. The number of anilines is 1. The van der Waals surface area contributed by atoms with Gasteiger partial charge in [0.1, 0.15) is 5.82 Å². The Morgan fingerprint density at radius 3 is 2.66 bits per heavy atom. The van der Waals surface area contributed by atoms with E-state index in [-0.39, 0.29) is 5.92 Å². The Hall–Kier alpha value is -4.18. The first kappa shape index (κ1) is 19.8. The number of nitrogens with two attached hydrogens (primary N) is 1. The predicted octanol–water partition coefficient (Wildman–Crippen LogP) is 2.90. The Bertz CT molecular complexity index is 1370. The van der Waals surface area contributed by atoms with Crippen LogP contribution in [0.4, 0.5) is 5.82 Å². The molecule has 0 aliphatic heterocycles. The second kappa shape index (κ2) is 7.50. The Kier molecular flexibility index (Phi) is 4.63. The molecule has 1 aliphatic rings. The van der Waals surface area contributed by atoms with Crippen LogP contribution in [0, 0.1) is 28.6 Å². The second-order valence-corrected chi connectivity index (χ2v) is 8.34. The summed E-state index contributed by atoms with van der Waals surface area (Å²) in [5.74, 6) is 0.569. The van der Waals surface area contributed by atoms with Crippen LogP contribution in [0.2, 0.25) is 0 Å².